The number of rotatable bonds is 6. The second-order valence-corrected chi connectivity index (χ2v) is 8.19. The number of anilines is 1. The highest BCUT2D eigenvalue weighted by molar-refractivity contribution is 7.90. The molecule has 0 saturated carbocycles. The topological polar surface area (TPSA) is 97.3 Å². The zero-order valence-electron chi connectivity index (χ0n) is 16.5. The molecular formula is C20H23N3O5S. The SMILES string of the molecule is COc1cc(OC)cc(C(=O)Nc2ccc(S(=O)(=O)N=C3CCCN3C)cc2)c1. The first-order valence-corrected chi connectivity index (χ1v) is 10.5. The van der Waals surface area contributed by atoms with Crippen molar-refractivity contribution in [1.82, 2.24) is 4.90 Å². The molecule has 1 amide bonds. The van der Waals surface area contributed by atoms with Crippen LogP contribution in [0, 0.1) is 0 Å². The highest BCUT2D eigenvalue weighted by atomic mass is 32.2. The van der Waals surface area contributed by atoms with Gasteiger partial charge in [0.25, 0.3) is 15.9 Å². The second-order valence-electron chi connectivity index (χ2n) is 6.59. The summed E-state index contributed by atoms with van der Waals surface area (Å²) in [7, 11) is 1.04. The van der Waals surface area contributed by atoms with E-state index in [0.717, 1.165) is 13.0 Å². The third kappa shape index (κ3) is 4.86. The Balaban J connectivity index is 1.76. The van der Waals surface area contributed by atoms with Crippen molar-refractivity contribution in [3.05, 3.63) is 48.0 Å². The predicted molar refractivity (Wildman–Crippen MR) is 110 cm³/mol. The van der Waals surface area contributed by atoms with Crippen LogP contribution in [0.4, 0.5) is 5.69 Å². The molecule has 0 bridgehead atoms. The number of likely N-dealkylation sites (tertiary alicyclic amines) is 1. The van der Waals surface area contributed by atoms with Crippen molar-refractivity contribution >= 4 is 27.5 Å². The van der Waals surface area contributed by atoms with Gasteiger partial charge >= 0.3 is 0 Å². The van der Waals surface area contributed by atoms with Gasteiger partial charge in [0.2, 0.25) is 0 Å². The third-order valence-corrected chi connectivity index (χ3v) is 5.90. The van der Waals surface area contributed by atoms with Crippen LogP contribution < -0.4 is 14.8 Å². The van der Waals surface area contributed by atoms with E-state index >= 15 is 0 Å². The van der Waals surface area contributed by atoms with Gasteiger partial charge in [0, 0.05) is 37.3 Å². The highest BCUT2D eigenvalue weighted by Gasteiger charge is 2.20. The van der Waals surface area contributed by atoms with E-state index in [0.29, 0.717) is 35.0 Å². The molecule has 1 fully saturated rings. The van der Waals surface area contributed by atoms with E-state index in [1.54, 1.807) is 18.2 Å². The van der Waals surface area contributed by atoms with Crippen molar-refractivity contribution in [1.29, 1.82) is 0 Å². The maximum Gasteiger partial charge on any atom is 0.283 e. The predicted octanol–water partition coefficient (Wildman–Crippen LogP) is 2.77. The van der Waals surface area contributed by atoms with Crippen molar-refractivity contribution in [2.24, 2.45) is 4.40 Å². The van der Waals surface area contributed by atoms with Crippen LogP contribution in [0.15, 0.2) is 51.8 Å². The van der Waals surface area contributed by atoms with Crippen molar-refractivity contribution in [2.45, 2.75) is 17.7 Å². The first-order valence-electron chi connectivity index (χ1n) is 9.02. The average molecular weight is 417 g/mol. The molecule has 2 aromatic carbocycles. The Morgan fingerprint density at radius 2 is 1.69 bits per heavy atom. The Hall–Kier alpha value is -3.07. The van der Waals surface area contributed by atoms with Crippen LogP contribution in [-0.4, -0.2) is 52.9 Å². The summed E-state index contributed by atoms with van der Waals surface area (Å²) in [5.41, 5.74) is 0.815. The van der Waals surface area contributed by atoms with E-state index in [9.17, 15) is 13.2 Å². The molecule has 1 N–H and O–H groups in total. The number of nitrogens with zero attached hydrogens (tertiary/aromatic N) is 2. The van der Waals surface area contributed by atoms with E-state index < -0.39 is 10.0 Å². The van der Waals surface area contributed by atoms with Crippen LogP contribution in [0.25, 0.3) is 0 Å². The van der Waals surface area contributed by atoms with Crippen molar-refractivity contribution in [3.63, 3.8) is 0 Å². The molecule has 1 heterocycles. The Morgan fingerprint density at radius 1 is 1.07 bits per heavy atom. The first kappa shape index (κ1) is 20.7. The molecule has 29 heavy (non-hydrogen) atoms. The summed E-state index contributed by atoms with van der Waals surface area (Å²) < 4.78 is 39.3. The monoisotopic (exact) mass is 417 g/mol. The minimum atomic E-state index is -3.79. The molecule has 2 aromatic rings. The first-order chi connectivity index (χ1) is 13.8. The smallest absolute Gasteiger partial charge is 0.283 e. The fraction of sp³-hybridized carbons (Fsp3) is 0.300. The van der Waals surface area contributed by atoms with E-state index in [-0.39, 0.29) is 10.8 Å². The molecule has 0 unspecified atom stereocenters. The van der Waals surface area contributed by atoms with Crippen LogP contribution in [-0.2, 0) is 10.0 Å². The summed E-state index contributed by atoms with van der Waals surface area (Å²) in [6.07, 6.45) is 1.54. The van der Waals surface area contributed by atoms with Crippen LogP contribution in [0.3, 0.4) is 0 Å². The highest BCUT2D eigenvalue weighted by Crippen LogP contribution is 2.24. The molecule has 1 aliphatic rings. The van der Waals surface area contributed by atoms with Gasteiger partial charge in [0.15, 0.2) is 0 Å². The van der Waals surface area contributed by atoms with Gasteiger partial charge in [0.05, 0.1) is 19.1 Å². The maximum absolute atomic E-state index is 12.5. The number of sulfonamides is 1. The van der Waals surface area contributed by atoms with Crippen LogP contribution in [0.5, 0.6) is 11.5 Å². The summed E-state index contributed by atoms with van der Waals surface area (Å²) in [4.78, 5) is 14.4. The normalized spacial score (nSPS) is 15.4. The molecule has 0 radical (unpaired) electrons. The van der Waals surface area contributed by atoms with E-state index in [1.165, 1.54) is 38.5 Å². The van der Waals surface area contributed by atoms with Crippen LogP contribution in [0.2, 0.25) is 0 Å². The molecule has 8 nitrogen and oxygen atoms in total. The minimum absolute atomic E-state index is 0.0753. The summed E-state index contributed by atoms with van der Waals surface area (Å²) in [5.74, 6) is 1.18. The van der Waals surface area contributed by atoms with E-state index in [2.05, 4.69) is 9.71 Å². The molecule has 1 aliphatic heterocycles. The Labute approximate surface area is 170 Å². The lowest BCUT2D eigenvalue weighted by atomic mass is 10.2. The zero-order valence-corrected chi connectivity index (χ0v) is 17.3. The minimum Gasteiger partial charge on any atom is -0.497 e. The van der Waals surface area contributed by atoms with Gasteiger partial charge < -0.3 is 19.7 Å². The quantitative estimate of drug-likeness (QED) is 0.776. The van der Waals surface area contributed by atoms with Gasteiger partial charge in [-0.15, -0.1) is 4.40 Å². The molecule has 0 aromatic heterocycles. The van der Waals surface area contributed by atoms with Gasteiger partial charge in [0.1, 0.15) is 17.3 Å². The summed E-state index contributed by atoms with van der Waals surface area (Å²) in [6, 6.07) is 10.8. The number of carbonyl (C=O) groups excluding carboxylic acids is 1. The molecule has 0 spiro atoms. The van der Waals surface area contributed by atoms with Gasteiger partial charge in [-0.25, -0.2) is 0 Å². The number of amides is 1. The molecule has 154 valence electrons. The maximum atomic E-state index is 12.5. The lowest BCUT2D eigenvalue weighted by Gasteiger charge is -2.11. The molecule has 9 heteroatoms. The van der Waals surface area contributed by atoms with Gasteiger partial charge in [-0.2, -0.15) is 8.42 Å². The number of benzene rings is 2. The van der Waals surface area contributed by atoms with Gasteiger partial charge in [-0.05, 0) is 42.8 Å². The number of hydrogen-bond acceptors (Lipinski definition) is 5. The second kappa shape index (κ2) is 8.52. The Bertz CT molecular complexity index is 1010. The Kier molecular flexibility index (Phi) is 6.07. The average Bonchev–Trinajstić information content (AvgIpc) is 3.11. The number of ether oxygens (including phenoxy) is 2. The zero-order chi connectivity index (χ0) is 21.0. The molecular weight excluding hydrogens is 394 g/mol. The lowest BCUT2D eigenvalue weighted by Crippen LogP contribution is -2.20. The fourth-order valence-corrected chi connectivity index (χ4v) is 4.05. The van der Waals surface area contributed by atoms with Crippen molar-refractivity contribution < 1.29 is 22.7 Å². The van der Waals surface area contributed by atoms with Crippen LogP contribution >= 0.6 is 0 Å². The number of nitrogens with one attached hydrogen (secondary N) is 1. The molecule has 1 saturated heterocycles. The molecule has 3 rings (SSSR count). The standard InChI is InChI=1S/C20H23N3O5S/c1-23-10-4-5-19(23)22-29(25,26)18-8-6-15(7-9-18)21-20(24)14-11-16(27-2)13-17(12-14)28-3/h6-9,11-13H,4-5,10H2,1-3H3,(H,21,24). The largest absolute Gasteiger partial charge is 0.497 e. The summed E-state index contributed by atoms with van der Waals surface area (Å²) >= 11 is 0. The van der Waals surface area contributed by atoms with Crippen LogP contribution in [0.1, 0.15) is 23.2 Å². The summed E-state index contributed by atoms with van der Waals surface area (Å²) in [5, 5.41) is 2.73. The van der Waals surface area contributed by atoms with Gasteiger partial charge in [-0.1, -0.05) is 0 Å². The number of amidine groups is 1. The fourth-order valence-electron chi connectivity index (χ4n) is 2.95. The van der Waals surface area contributed by atoms with Crippen molar-refractivity contribution in [2.75, 3.05) is 33.1 Å². The van der Waals surface area contributed by atoms with E-state index in [4.69, 9.17) is 9.47 Å². The Morgan fingerprint density at radius 3 is 2.21 bits per heavy atom. The van der Waals surface area contributed by atoms with Gasteiger partial charge in [-0.3, -0.25) is 4.79 Å². The number of carbonyl (C=O) groups is 1. The number of hydrogen-bond donors (Lipinski definition) is 1. The lowest BCUT2D eigenvalue weighted by molar-refractivity contribution is 0.102. The third-order valence-electron chi connectivity index (χ3n) is 4.58. The van der Waals surface area contributed by atoms with E-state index in [1.807, 2.05) is 11.9 Å². The number of methoxy groups -OCH3 is 2. The summed E-state index contributed by atoms with van der Waals surface area (Å²) in [6.45, 7) is 0.800. The molecule has 0 aliphatic carbocycles. The van der Waals surface area contributed by atoms with Crippen molar-refractivity contribution in [3.8, 4) is 11.5 Å². The molecule has 0 atom stereocenters.